The molecule has 0 aliphatic carbocycles. The summed E-state index contributed by atoms with van der Waals surface area (Å²) in [6, 6.07) is 14.5. The van der Waals surface area contributed by atoms with E-state index < -0.39 is 0 Å². The zero-order chi connectivity index (χ0) is 18.5. The number of rotatable bonds is 7. The van der Waals surface area contributed by atoms with Crippen LogP contribution in [0.15, 0.2) is 53.3 Å². The van der Waals surface area contributed by atoms with Crippen LogP contribution in [0.1, 0.15) is 5.56 Å². The highest BCUT2D eigenvalue weighted by molar-refractivity contribution is 5.79. The van der Waals surface area contributed by atoms with E-state index >= 15 is 0 Å². The highest BCUT2D eigenvalue weighted by atomic mass is 16.5. The second-order valence-corrected chi connectivity index (χ2v) is 5.90. The van der Waals surface area contributed by atoms with Gasteiger partial charge in [0.1, 0.15) is 12.3 Å². The van der Waals surface area contributed by atoms with Gasteiger partial charge in [0, 0.05) is 18.7 Å². The molecule has 0 bridgehead atoms. The molecule has 0 aliphatic rings. The number of H-pyrrole nitrogens is 1. The quantitative estimate of drug-likeness (QED) is 0.670. The average Bonchev–Trinajstić information content (AvgIpc) is 2.97. The molecule has 1 heterocycles. The molecule has 0 atom stereocenters. The number of aliphatic hydroxyl groups is 1. The fourth-order valence-corrected chi connectivity index (χ4v) is 2.91. The summed E-state index contributed by atoms with van der Waals surface area (Å²) in [5, 5.41) is 12.8. The van der Waals surface area contributed by atoms with Crippen molar-refractivity contribution in [3.05, 3.63) is 64.4 Å². The predicted molar refractivity (Wildman–Crippen MR) is 98.1 cm³/mol. The summed E-state index contributed by atoms with van der Waals surface area (Å²) in [6.07, 6.45) is 0. The van der Waals surface area contributed by atoms with Crippen molar-refractivity contribution in [2.24, 2.45) is 0 Å². The van der Waals surface area contributed by atoms with Gasteiger partial charge < -0.3 is 14.7 Å². The van der Waals surface area contributed by atoms with Gasteiger partial charge in [-0.25, -0.2) is 4.68 Å². The number of amides is 1. The molecule has 2 N–H and O–H groups in total. The molecule has 0 spiro atoms. The molecule has 0 saturated carbocycles. The van der Waals surface area contributed by atoms with Crippen molar-refractivity contribution >= 4 is 16.8 Å². The summed E-state index contributed by atoms with van der Waals surface area (Å²) < 4.78 is 6.61. The van der Waals surface area contributed by atoms with Crippen LogP contribution < -0.4 is 10.3 Å². The number of hydrogen-bond donors (Lipinski definition) is 2. The van der Waals surface area contributed by atoms with E-state index in [-0.39, 0.29) is 31.2 Å². The maximum Gasteiger partial charge on any atom is 0.274 e. The molecular formula is C19H21N3O4. The molecule has 1 aromatic heterocycles. The highest BCUT2D eigenvalue weighted by Crippen LogP contribution is 2.19. The van der Waals surface area contributed by atoms with Gasteiger partial charge in [-0.15, -0.1) is 0 Å². The molecule has 0 fully saturated rings. The average molecular weight is 355 g/mol. The number of fused-ring (bicyclic) bond motifs is 1. The second-order valence-electron chi connectivity index (χ2n) is 5.90. The zero-order valence-corrected chi connectivity index (χ0v) is 14.5. The summed E-state index contributed by atoms with van der Waals surface area (Å²) in [7, 11) is 1.57. The van der Waals surface area contributed by atoms with Gasteiger partial charge in [0.15, 0.2) is 0 Å². The molecule has 1 amide bonds. The molecule has 0 radical (unpaired) electrons. The van der Waals surface area contributed by atoms with E-state index in [1.165, 1.54) is 9.58 Å². The first-order valence-electron chi connectivity index (χ1n) is 8.32. The predicted octanol–water partition coefficient (Wildman–Crippen LogP) is 1.36. The molecule has 136 valence electrons. The Morgan fingerprint density at radius 2 is 1.92 bits per heavy atom. The van der Waals surface area contributed by atoms with Crippen molar-refractivity contribution < 1.29 is 14.6 Å². The van der Waals surface area contributed by atoms with Crippen LogP contribution in [0.5, 0.6) is 5.75 Å². The summed E-state index contributed by atoms with van der Waals surface area (Å²) in [6.45, 7) is 0.176. The third-order valence-corrected chi connectivity index (χ3v) is 4.23. The van der Waals surface area contributed by atoms with Gasteiger partial charge in [-0.1, -0.05) is 30.3 Å². The fourth-order valence-electron chi connectivity index (χ4n) is 2.91. The minimum Gasteiger partial charge on any atom is -0.496 e. The number of methoxy groups -OCH3 is 1. The zero-order valence-electron chi connectivity index (χ0n) is 14.5. The highest BCUT2D eigenvalue weighted by Gasteiger charge is 2.18. The third-order valence-electron chi connectivity index (χ3n) is 4.23. The Hall–Kier alpha value is -3.06. The third kappa shape index (κ3) is 3.62. The Morgan fingerprint density at radius 1 is 1.19 bits per heavy atom. The number of carbonyl (C=O) groups excluding carboxylic acids is 1. The molecule has 26 heavy (non-hydrogen) atoms. The Bertz CT molecular complexity index is 961. The largest absolute Gasteiger partial charge is 0.496 e. The smallest absolute Gasteiger partial charge is 0.274 e. The first-order chi connectivity index (χ1) is 12.6. The van der Waals surface area contributed by atoms with Gasteiger partial charge in [-0.05, 0) is 18.2 Å². The minimum absolute atomic E-state index is 0.122. The molecule has 0 aliphatic heterocycles. The van der Waals surface area contributed by atoms with Crippen molar-refractivity contribution in [1.29, 1.82) is 0 Å². The van der Waals surface area contributed by atoms with Crippen LogP contribution in [-0.4, -0.2) is 46.0 Å². The molecule has 0 unspecified atom stereocenters. The SMILES string of the molecule is COc1ccccc1CN(CCO)C(=O)Cn1[nH]c2ccccc2c1=O. The van der Waals surface area contributed by atoms with Gasteiger partial charge in [0.25, 0.3) is 5.56 Å². The number of carbonyl (C=O) groups is 1. The van der Waals surface area contributed by atoms with Crippen molar-refractivity contribution in [1.82, 2.24) is 14.7 Å². The lowest BCUT2D eigenvalue weighted by atomic mass is 10.2. The Balaban J connectivity index is 1.82. The maximum atomic E-state index is 12.7. The molecule has 0 saturated heterocycles. The van der Waals surface area contributed by atoms with E-state index in [1.54, 1.807) is 25.3 Å². The van der Waals surface area contributed by atoms with Gasteiger partial charge in [0.2, 0.25) is 5.91 Å². The van der Waals surface area contributed by atoms with Crippen LogP contribution in [0, 0.1) is 0 Å². The van der Waals surface area contributed by atoms with E-state index in [1.807, 2.05) is 30.3 Å². The van der Waals surface area contributed by atoms with E-state index in [9.17, 15) is 14.7 Å². The topological polar surface area (TPSA) is 87.6 Å². The first kappa shape index (κ1) is 17.8. The Kier molecular flexibility index (Phi) is 5.38. The monoisotopic (exact) mass is 355 g/mol. The lowest BCUT2D eigenvalue weighted by Crippen LogP contribution is -2.37. The van der Waals surface area contributed by atoms with E-state index in [4.69, 9.17) is 4.74 Å². The minimum atomic E-state index is -0.265. The normalized spacial score (nSPS) is 10.8. The number of benzene rings is 2. The molecule has 7 nitrogen and oxygen atoms in total. The van der Waals surface area contributed by atoms with Gasteiger partial charge in [-0.2, -0.15) is 0 Å². The van der Waals surface area contributed by atoms with E-state index in [0.29, 0.717) is 23.2 Å². The summed E-state index contributed by atoms with van der Waals surface area (Å²) in [5.74, 6) is 0.407. The number of ether oxygens (including phenoxy) is 1. The van der Waals surface area contributed by atoms with Crippen LogP contribution in [0.3, 0.4) is 0 Å². The fraction of sp³-hybridized carbons (Fsp3) is 0.263. The van der Waals surface area contributed by atoms with Gasteiger partial charge >= 0.3 is 0 Å². The van der Waals surface area contributed by atoms with Crippen LogP contribution in [0.25, 0.3) is 10.9 Å². The Labute approximate surface area is 150 Å². The number of aliphatic hydroxyl groups excluding tert-OH is 1. The summed E-state index contributed by atoms with van der Waals surface area (Å²) in [4.78, 5) is 26.6. The van der Waals surface area contributed by atoms with Crippen LogP contribution in [0.4, 0.5) is 0 Å². The molecular weight excluding hydrogens is 334 g/mol. The molecule has 2 aromatic carbocycles. The number of nitrogens with zero attached hydrogens (tertiary/aromatic N) is 2. The van der Waals surface area contributed by atoms with Gasteiger partial charge in [-0.3, -0.25) is 14.7 Å². The van der Waals surface area contributed by atoms with Crippen molar-refractivity contribution in [3.8, 4) is 5.75 Å². The molecule has 3 rings (SSSR count). The Morgan fingerprint density at radius 3 is 2.65 bits per heavy atom. The van der Waals surface area contributed by atoms with Crippen molar-refractivity contribution in [2.75, 3.05) is 20.3 Å². The van der Waals surface area contributed by atoms with Crippen molar-refractivity contribution in [2.45, 2.75) is 13.1 Å². The number of aromatic amines is 1. The van der Waals surface area contributed by atoms with E-state index in [0.717, 1.165) is 5.56 Å². The van der Waals surface area contributed by atoms with Crippen LogP contribution in [0.2, 0.25) is 0 Å². The van der Waals surface area contributed by atoms with Crippen LogP contribution >= 0.6 is 0 Å². The summed E-state index contributed by atoms with van der Waals surface area (Å²) in [5.41, 5.74) is 1.28. The van der Waals surface area contributed by atoms with E-state index in [2.05, 4.69) is 5.10 Å². The van der Waals surface area contributed by atoms with Crippen LogP contribution in [-0.2, 0) is 17.9 Å². The second kappa shape index (κ2) is 7.88. The standard InChI is InChI=1S/C19H21N3O4/c1-26-17-9-5-2-6-14(17)12-21(10-11-23)18(24)13-22-19(25)15-7-3-4-8-16(15)20-22/h2-9,20,23H,10-13H2,1H3. The first-order valence-corrected chi connectivity index (χ1v) is 8.32. The lowest BCUT2D eigenvalue weighted by Gasteiger charge is -2.23. The maximum absolute atomic E-state index is 12.7. The van der Waals surface area contributed by atoms with Crippen molar-refractivity contribution in [3.63, 3.8) is 0 Å². The summed E-state index contributed by atoms with van der Waals surface area (Å²) >= 11 is 0. The van der Waals surface area contributed by atoms with Gasteiger partial charge in [0.05, 0.1) is 24.6 Å². The lowest BCUT2D eigenvalue weighted by molar-refractivity contribution is -0.133. The number of aromatic nitrogens is 2. The molecule has 7 heteroatoms. The molecule has 3 aromatic rings. The number of hydrogen-bond acceptors (Lipinski definition) is 4. The number of nitrogens with one attached hydrogen (secondary N) is 1. The number of para-hydroxylation sites is 2.